The van der Waals surface area contributed by atoms with Crippen LogP contribution in [0.2, 0.25) is 0 Å². The van der Waals surface area contributed by atoms with Gasteiger partial charge in [0.1, 0.15) is 36.0 Å². The molecule has 0 saturated carbocycles. The van der Waals surface area contributed by atoms with Crippen molar-refractivity contribution in [2.75, 3.05) is 66.3 Å². The number of carbonyl (C=O) groups excluding carboxylic acids is 2. The summed E-state index contributed by atoms with van der Waals surface area (Å²) in [6.45, 7) is 10.0. The van der Waals surface area contributed by atoms with E-state index in [0.717, 1.165) is 18.9 Å². The van der Waals surface area contributed by atoms with Crippen LogP contribution in [0, 0.1) is 22.0 Å². The van der Waals surface area contributed by atoms with Crippen molar-refractivity contribution in [1.29, 1.82) is 0 Å². The summed E-state index contributed by atoms with van der Waals surface area (Å²) in [6, 6.07) is 5.13. The second kappa shape index (κ2) is 18.5. The van der Waals surface area contributed by atoms with Crippen molar-refractivity contribution in [3.63, 3.8) is 0 Å². The fraction of sp³-hybridized carbons (Fsp3) is 0.548. The van der Waals surface area contributed by atoms with Gasteiger partial charge in [-0.15, -0.1) is 0 Å². The molecule has 2 aromatic rings. The minimum absolute atomic E-state index is 0.0338. The lowest BCUT2D eigenvalue weighted by atomic mass is 10.1. The van der Waals surface area contributed by atoms with Gasteiger partial charge < -0.3 is 38.5 Å². The zero-order chi connectivity index (χ0) is 32.6. The molecular weight excluding hydrogens is 576 g/mol. The second-order valence-electron chi connectivity index (χ2n) is 10.6. The van der Waals surface area contributed by atoms with E-state index in [1.807, 2.05) is 0 Å². The Kier molecular flexibility index (Phi) is 15.2. The molecule has 0 aliphatic carbocycles. The number of amides is 1. The molecule has 1 N–H and O–H groups in total. The van der Waals surface area contributed by atoms with Crippen LogP contribution in [0.1, 0.15) is 61.3 Å². The van der Waals surface area contributed by atoms with Crippen LogP contribution in [-0.2, 0) is 14.2 Å². The predicted octanol–water partition coefficient (Wildman–Crippen LogP) is 5.53. The van der Waals surface area contributed by atoms with Crippen LogP contribution in [0.3, 0.4) is 0 Å². The molecule has 0 aliphatic heterocycles. The monoisotopic (exact) mass is 620 g/mol. The molecule has 0 aliphatic rings. The Bertz CT molecular complexity index is 1250. The van der Waals surface area contributed by atoms with Crippen LogP contribution >= 0.6 is 0 Å². The van der Waals surface area contributed by atoms with Crippen LogP contribution in [0.25, 0.3) is 0 Å². The minimum atomic E-state index is -0.758. The number of esters is 1. The molecule has 13 nitrogen and oxygen atoms in total. The molecule has 0 heterocycles. The summed E-state index contributed by atoms with van der Waals surface area (Å²) in [5.41, 5.74) is -0.443. The van der Waals surface area contributed by atoms with Gasteiger partial charge in [0.05, 0.1) is 50.7 Å². The lowest BCUT2D eigenvalue weighted by Gasteiger charge is -2.17. The quantitative estimate of drug-likeness (QED) is 0.0859. The molecule has 0 bridgehead atoms. The number of hydrogen-bond acceptors (Lipinski definition) is 11. The average Bonchev–Trinajstić information content (AvgIpc) is 2.99. The van der Waals surface area contributed by atoms with E-state index in [1.54, 1.807) is 0 Å². The fourth-order valence-corrected chi connectivity index (χ4v) is 3.82. The summed E-state index contributed by atoms with van der Waals surface area (Å²) >= 11 is 0. The van der Waals surface area contributed by atoms with Gasteiger partial charge >= 0.3 is 11.7 Å². The van der Waals surface area contributed by atoms with E-state index in [0.29, 0.717) is 25.0 Å². The third kappa shape index (κ3) is 11.2. The normalized spacial score (nSPS) is 10.9. The molecule has 0 saturated heterocycles. The first-order chi connectivity index (χ1) is 21.0. The highest BCUT2D eigenvalue weighted by Crippen LogP contribution is 2.37. The summed E-state index contributed by atoms with van der Waals surface area (Å²) in [5.74, 6) is -0.200. The summed E-state index contributed by atoms with van der Waals surface area (Å²) in [7, 11) is 3.96. The number of rotatable bonds is 20. The van der Waals surface area contributed by atoms with Gasteiger partial charge in [0.15, 0.2) is 0 Å². The zero-order valence-corrected chi connectivity index (χ0v) is 26.6. The number of nitrogens with one attached hydrogen (secondary N) is 1. The number of carbonyl (C=O) groups is 2. The SMILES string of the molecule is COC(=O)c1cc(NC(=O)c2cc([N+](=O)[O-])c(OCCOCCC(C)C)cc2OCCOCCC(C)C)c(OC)cc1OC. The van der Waals surface area contributed by atoms with E-state index < -0.39 is 22.5 Å². The average molecular weight is 621 g/mol. The van der Waals surface area contributed by atoms with Crippen LogP contribution < -0.4 is 24.3 Å². The molecule has 2 aromatic carbocycles. The molecule has 0 fully saturated rings. The Hall–Kier alpha value is -4.10. The number of ether oxygens (including phenoxy) is 7. The molecule has 44 heavy (non-hydrogen) atoms. The summed E-state index contributed by atoms with van der Waals surface area (Å²) in [6.07, 6.45) is 1.75. The molecule has 0 atom stereocenters. The maximum atomic E-state index is 13.6. The highest BCUT2D eigenvalue weighted by molar-refractivity contribution is 6.08. The maximum Gasteiger partial charge on any atom is 0.341 e. The van der Waals surface area contributed by atoms with Gasteiger partial charge in [-0.05, 0) is 30.7 Å². The summed E-state index contributed by atoms with van der Waals surface area (Å²) in [5, 5.41) is 14.7. The van der Waals surface area contributed by atoms with Gasteiger partial charge in [-0.25, -0.2) is 4.79 Å². The first kappa shape index (κ1) is 36.1. The van der Waals surface area contributed by atoms with Gasteiger partial charge in [0.25, 0.3) is 5.91 Å². The van der Waals surface area contributed by atoms with Crippen molar-refractivity contribution in [2.24, 2.45) is 11.8 Å². The molecule has 0 radical (unpaired) electrons. The number of nitrogens with zero attached hydrogens (tertiary/aromatic N) is 1. The first-order valence-corrected chi connectivity index (χ1v) is 14.4. The summed E-state index contributed by atoms with van der Waals surface area (Å²) < 4.78 is 38.2. The van der Waals surface area contributed by atoms with E-state index in [4.69, 9.17) is 33.2 Å². The predicted molar refractivity (Wildman–Crippen MR) is 163 cm³/mol. The molecule has 0 aromatic heterocycles. The van der Waals surface area contributed by atoms with Gasteiger partial charge in [0, 0.05) is 31.4 Å². The van der Waals surface area contributed by atoms with Crippen molar-refractivity contribution in [1.82, 2.24) is 0 Å². The van der Waals surface area contributed by atoms with E-state index in [1.165, 1.54) is 39.5 Å². The summed E-state index contributed by atoms with van der Waals surface area (Å²) in [4.78, 5) is 37.3. The van der Waals surface area contributed by atoms with Crippen molar-refractivity contribution < 1.29 is 47.7 Å². The molecule has 0 unspecified atom stereocenters. The standard InChI is InChI=1S/C31H44N2O11/c1-20(2)8-10-41-12-14-43-27-19-29(44-15-13-42-11-9-21(3)4)25(33(36)37)17-22(27)30(34)32-24-16-23(31(35)40-7)26(38-5)18-28(24)39-6/h16-21H,8-15H2,1-7H3,(H,32,34). The Morgan fingerprint density at radius 3 is 1.77 bits per heavy atom. The topological polar surface area (TPSA) is 154 Å². The Labute approximate surface area is 258 Å². The number of methoxy groups -OCH3 is 3. The van der Waals surface area contributed by atoms with Crippen LogP contribution in [0.5, 0.6) is 23.0 Å². The number of hydrogen-bond donors (Lipinski definition) is 1. The minimum Gasteiger partial charge on any atom is -0.496 e. The lowest BCUT2D eigenvalue weighted by Crippen LogP contribution is -2.17. The molecule has 244 valence electrons. The molecule has 2 rings (SSSR count). The van der Waals surface area contributed by atoms with Crippen molar-refractivity contribution in [3.8, 4) is 23.0 Å². The van der Waals surface area contributed by atoms with Crippen LogP contribution in [-0.4, -0.2) is 77.8 Å². The van der Waals surface area contributed by atoms with Gasteiger partial charge in [-0.3, -0.25) is 14.9 Å². The van der Waals surface area contributed by atoms with E-state index in [-0.39, 0.29) is 66.2 Å². The van der Waals surface area contributed by atoms with Crippen molar-refractivity contribution >= 4 is 23.3 Å². The zero-order valence-electron chi connectivity index (χ0n) is 26.6. The lowest BCUT2D eigenvalue weighted by molar-refractivity contribution is -0.385. The molecule has 13 heteroatoms. The smallest absolute Gasteiger partial charge is 0.341 e. The van der Waals surface area contributed by atoms with E-state index in [2.05, 4.69) is 33.0 Å². The Morgan fingerprint density at radius 1 is 0.727 bits per heavy atom. The number of anilines is 1. The third-order valence-corrected chi connectivity index (χ3v) is 6.33. The van der Waals surface area contributed by atoms with Crippen molar-refractivity contribution in [2.45, 2.75) is 40.5 Å². The largest absolute Gasteiger partial charge is 0.496 e. The Balaban J connectivity index is 2.39. The van der Waals surface area contributed by atoms with Gasteiger partial charge in [0.2, 0.25) is 5.75 Å². The third-order valence-electron chi connectivity index (χ3n) is 6.33. The van der Waals surface area contributed by atoms with Gasteiger partial charge in [-0.2, -0.15) is 0 Å². The van der Waals surface area contributed by atoms with E-state index >= 15 is 0 Å². The number of nitro benzene ring substituents is 1. The fourth-order valence-electron chi connectivity index (χ4n) is 3.82. The second-order valence-corrected chi connectivity index (χ2v) is 10.6. The molecule has 0 spiro atoms. The van der Waals surface area contributed by atoms with Crippen LogP contribution in [0.4, 0.5) is 11.4 Å². The Morgan fingerprint density at radius 2 is 1.27 bits per heavy atom. The van der Waals surface area contributed by atoms with Crippen LogP contribution in [0.15, 0.2) is 24.3 Å². The van der Waals surface area contributed by atoms with Crippen molar-refractivity contribution in [3.05, 3.63) is 45.5 Å². The highest BCUT2D eigenvalue weighted by atomic mass is 16.6. The number of nitro groups is 1. The molecular formula is C31H44N2O11. The maximum absolute atomic E-state index is 13.6. The van der Waals surface area contributed by atoms with Gasteiger partial charge in [-0.1, -0.05) is 27.7 Å². The first-order valence-electron chi connectivity index (χ1n) is 14.4. The molecule has 1 amide bonds. The number of benzene rings is 2. The highest BCUT2D eigenvalue weighted by Gasteiger charge is 2.26. The van der Waals surface area contributed by atoms with E-state index in [9.17, 15) is 19.7 Å².